The van der Waals surface area contributed by atoms with Crippen LogP contribution in [0.2, 0.25) is 0 Å². The number of thioether (sulfide) groups is 1. The number of hydrogen-bond acceptors (Lipinski definition) is 3. The number of nitrogens with zero attached hydrogens (tertiary/aromatic N) is 1. The number of hydrogen-bond donors (Lipinski definition) is 1. The van der Waals surface area contributed by atoms with Gasteiger partial charge in [0.25, 0.3) is 0 Å². The van der Waals surface area contributed by atoms with Crippen LogP contribution < -0.4 is 5.32 Å². The minimum absolute atomic E-state index is 0.113. The molecule has 1 atom stereocenters. The fourth-order valence-corrected chi connectivity index (χ4v) is 4.08. The Morgan fingerprint density at radius 1 is 1.10 bits per heavy atom. The molecule has 1 N–H and O–H groups in total. The summed E-state index contributed by atoms with van der Waals surface area (Å²) in [6.07, 6.45) is 6.82. The Kier molecular flexibility index (Phi) is 6.14. The highest BCUT2D eigenvalue weighted by Gasteiger charge is 2.28. The molecule has 1 unspecified atom stereocenters. The Labute approximate surface area is 176 Å². The first-order valence-electron chi connectivity index (χ1n) is 10.1. The first-order chi connectivity index (χ1) is 14.2. The van der Waals surface area contributed by atoms with Gasteiger partial charge in [-0.2, -0.15) is 0 Å². The molecule has 2 aromatic rings. The van der Waals surface area contributed by atoms with Gasteiger partial charge in [-0.1, -0.05) is 79.3 Å². The highest BCUT2D eigenvalue weighted by molar-refractivity contribution is 8.04. The lowest BCUT2D eigenvalue weighted by Crippen LogP contribution is -2.33. The molecule has 1 saturated carbocycles. The molecule has 0 radical (unpaired) electrons. The van der Waals surface area contributed by atoms with E-state index in [1.165, 1.54) is 11.8 Å². The maximum absolute atomic E-state index is 12.6. The average molecular weight is 401 g/mol. The lowest BCUT2D eigenvalue weighted by molar-refractivity contribution is -0.120. The van der Waals surface area contributed by atoms with E-state index in [0.717, 1.165) is 46.7 Å². The van der Waals surface area contributed by atoms with Crippen molar-refractivity contribution in [1.29, 1.82) is 0 Å². The quantitative estimate of drug-likeness (QED) is 0.636. The van der Waals surface area contributed by atoms with Gasteiger partial charge in [0.15, 0.2) is 0 Å². The lowest BCUT2D eigenvalue weighted by atomic mass is 9.96. The first-order valence-corrected chi connectivity index (χ1v) is 11.0. The van der Waals surface area contributed by atoms with Gasteiger partial charge >= 0.3 is 0 Å². The van der Waals surface area contributed by atoms with Crippen LogP contribution in [0.1, 0.15) is 37.3 Å². The van der Waals surface area contributed by atoms with Crippen molar-refractivity contribution in [3.8, 4) is 0 Å². The number of amides is 1. The van der Waals surface area contributed by atoms with E-state index >= 15 is 0 Å². The molecule has 2 aromatic carbocycles. The molecule has 1 aliphatic heterocycles. The van der Waals surface area contributed by atoms with E-state index in [-0.39, 0.29) is 11.2 Å². The molecule has 1 aliphatic carbocycles. The summed E-state index contributed by atoms with van der Waals surface area (Å²) in [6, 6.07) is 20.7. The van der Waals surface area contributed by atoms with Crippen LogP contribution in [0.15, 0.2) is 88.6 Å². The molecule has 146 valence electrons. The van der Waals surface area contributed by atoms with Gasteiger partial charge < -0.3 is 5.32 Å². The van der Waals surface area contributed by atoms with Gasteiger partial charge in [0.05, 0.1) is 21.6 Å². The van der Waals surface area contributed by atoms with Gasteiger partial charge in [0.2, 0.25) is 5.91 Å². The molecule has 29 heavy (non-hydrogen) atoms. The van der Waals surface area contributed by atoms with Crippen LogP contribution in [-0.2, 0) is 4.79 Å². The van der Waals surface area contributed by atoms with Crippen molar-refractivity contribution >= 4 is 29.0 Å². The third-order valence-electron chi connectivity index (χ3n) is 4.87. The van der Waals surface area contributed by atoms with Gasteiger partial charge in [0, 0.05) is 11.6 Å². The predicted molar refractivity (Wildman–Crippen MR) is 122 cm³/mol. The third kappa shape index (κ3) is 4.97. The minimum Gasteiger partial charge on any atom is -0.352 e. The number of carbonyl (C=O) groups excluding carboxylic acids is 1. The zero-order valence-corrected chi connectivity index (χ0v) is 17.3. The summed E-state index contributed by atoms with van der Waals surface area (Å²) in [5, 5.41) is 3.81. The second-order valence-electron chi connectivity index (χ2n) is 7.18. The van der Waals surface area contributed by atoms with Crippen molar-refractivity contribution in [2.75, 3.05) is 0 Å². The van der Waals surface area contributed by atoms with Crippen LogP contribution in [0.4, 0.5) is 0 Å². The second-order valence-corrected chi connectivity index (χ2v) is 8.40. The van der Waals surface area contributed by atoms with Gasteiger partial charge in [-0.15, -0.1) is 5.73 Å². The van der Waals surface area contributed by atoms with E-state index < -0.39 is 0 Å². The summed E-state index contributed by atoms with van der Waals surface area (Å²) in [5.74, 6) is 0.113. The largest absolute Gasteiger partial charge is 0.352 e. The van der Waals surface area contributed by atoms with Crippen molar-refractivity contribution in [2.45, 2.75) is 37.5 Å². The average Bonchev–Trinajstić information content (AvgIpc) is 3.60. The smallest absolute Gasteiger partial charge is 0.233 e. The summed E-state index contributed by atoms with van der Waals surface area (Å²) >= 11 is 1.53. The van der Waals surface area contributed by atoms with Crippen LogP contribution in [0.25, 0.3) is 5.57 Å². The van der Waals surface area contributed by atoms with Crippen molar-refractivity contribution in [1.82, 2.24) is 5.32 Å². The lowest BCUT2D eigenvalue weighted by Gasteiger charge is -2.15. The number of allylic oxidation sites excluding steroid dienone is 2. The van der Waals surface area contributed by atoms with Crippen LogP contribution >= 0.6 is 11.8 Å². The SMILES string of the molecule is CCC(SC1=CC=C=C(c2ccccc2)C(c2ccccc2)=N1)C(=O)NC1CC1. The second kappa shape index (κ2) is 9.13. The number of rotatable bonds is 7. The van der Waals surface area contributed by atoms with Crippen molar-refractivity contribution in [2.24, 2.45) is 4.99 Å². The van der Waals surface area contributed by atoms with Crippen molar-refractivity contribution in [3.05, 3.63) is 94.7 Å². The topological polar surface area (TPSA) is 41.5 Å². The molecule has 4 heteroatoms. The van der Waals surface area contributed by atoms with Crippen molar-refractivity contribution < 1.29 is 4.79 Å². The van der Waals surface area contributed by atoms with E-state index in [4.69, 9.17) is 4.99 Å². The highest BCUT2D eigenvalue weighted by atomic mass is 32.2. The third-order valence-corrected chi connectivity index (χ3v) is 6.17. The Balaban J connectivity index is 1.65. The maximum Gasteiger partial charge on any atom is 0.233 e. The molecule has 0 bridgehead atoms. The Morgan fingerprint density at radius 2 is 1.76 bits per heavy atom. The molecule has 0 spiro atoms. The van der Waals surface area contributed by atoms with Gasteiger partial charge in [-0.05, 0) is 37.0 Å². The van der Waals surface area contributed by atoms with E-state index in [0.29, 0.717) is 6.04 Å². The zero-order chi connectivity index (χ0) is 20.1. The molecular weight excluding hydrogens is 376 g/mol. The van der Waals surface area contributed by atoms with E-state index in [9.17, 15) is 4.79 Å². The zero-order valence-electron chi connectivity index (χ0n) is 16.5. The summed E-state index contributed by atoms with van der Waals surface area (Å²) in [4.78, 5) is 17.6. The van der Waals surface area contributed by atoms with Crippen molar-refractivity contribution in [3.63, 3.8) is 0 Å². The fraction of sp³-hybridized carbons (Fsp3) is 0.240. The molecule has 1 fully saturated rings. The maximum atomic E-state index is 12.6. The van der Waals surface area contributed by atoms with E-state index in [2.05, 4.69) is 35.3 Å². The van der Waals surface area contributed by atoms with Crippen LogP contribution in [0.5, 0.6) is 0 Å². The van der Waals surface area contributed by atoms with Gasteiger partial charge in [-0.3, -0.25) is 4.79 Å². The first kappa shape index (κ1) is 19.5. The van der Waals surface area contributed by atoms with Crippen LogP contribution in [0.3, 0.4) is 0 Å². The van der Waals surface area contributed by atoms with Gasteiger partial charge in [-0.25, -0.2) is 4.99 Å². The Bertz CT molecular complexity index is 998. The summed E-state index contributed by atoms with van der Waals surface area (Å²) in [7, 11) is 0. The molecule has 3 nitrogen and oxygen atoms in total. The summed E-state index contributed by atoms with van der Waals surface area (Å²) < 4.78 is 0. The number of aliphatic imine (C=N–C) groups is 1. The predicted octanol–water partition coefficient (Wildman–Crippen LogP) is 5.36. The van der Waals surface area contributed by atoms with Crippen LogP contribution in [-0.4, -0.2) is 22.9 Å². The van der Waals surface area contributed by atoms with E-state index in [1.807, 2.05) is 55.5 Å². The minimum atomic E-state index is -0.144. The molecule has 0 saturated heterocycles. The fourth-order valence-electron chi connectivity index (χ4n) is 3.15. The number of nitrogens with one attached hydrogen (secondary N) is 1. The standard InChI is InChI=1S/C25H24N2OS/c1-2-22(25(28)26-20-16-17-20)29-23-15-9-14-21(18-10-5-3-6-11-18)24(27-23)19-12-7-4-8-13-19/h3-13,15,20,22H,2,16-17H2,1H3,(H,26,28). The van der Waals surface area contributed by atoms with Crippen LogP contribution in [0, 0.1) is 0 Å². The Morgan fingerprint density at radius 3 is 2.38 bits per heavy atom. The molecule has 1 heterocycles. The van der Waals surface area contributed by atoms with Gasteiger partial charge in [0.1, 0.15) is 0 Å². The molecule has 0 aromatic heterocycles. The monoisotopic (exact) mass is 400 g/mol. The molecule has 4 rings (SSSR count). The number of benzene rings is 2. The normalized spacial score (nSPS) is 16.9. The number of carbonyl (C=O) groups is 1. The summed E-state index contributed by atoms with van der Waals surface area (Å²) in [5.41, 5.74) is 7.36. The highest BCUT2D eigenvalue weighted by Crippen LogP contribution is 2.31. The van der Waals surface area contributed by atoms with E-state index in [1.54, 1.807) is 0 Å². The molecule has 2 aliphatic rings. The molecular formula is C25H24N2OS. The molecule has 1 amide bonds. The summed E-state index contributed by atoms with van der Waals surface area (Å²) in [6.45, 7) is 2.05. The Hall–Kier alpha value is -2.81.